The molecule has 0 spiro atoms. The van der Waals surface area contributed by atoms with Crippen LogP contribution in [0, 0.1) is 0 Å². The lowest BCUT2D eigenvalue weighted by Gasteiger charge is -2.18. The number of benzene rings is 1. The van der Waals surface area contributed by atoms with Gasteiger partial charge in [-0.1, -0.05) is 0 Å². The molecule has 2 nitrogen and oxygen atoms in total. The molecule has 1 fully saturated rings. The highest BCUT2D eigenvalue weighted by molar-refractivity contribution is 5.63. The highest BCUT2D eigenvalue weighted by Crippen LogP contribution is 2.28. The Kier molecular flexibility index (Phi) is 1.86. The second kappa shape index (κ2) is 3.19. The zero-order valence-electron chi connectivity index (χ0n) is 8.42. The summed E-state index contributed by atoms with van der Waals surface area (Å²) in [5.74, 6) is 0. The van der Waals surface area contributed by atoms with Gasteiger partial charge < -0.3 is 10.2 Å². The van der Waals surface area contributed by atoms with Crippen LogP contribution < -0.4 is 10.2 Å². The molecule has 2 aliphatic rings. The maximum absolute atomic E-state index is 3.40. The fourth-order valence-corrected chi connectivity index (χ4v) is 2.46. The lowest BCUT2D eigenvalue weighted by atomic mass is 10.1. The van der Waals surface area contributed by atoms with Crippen LogP contribution in [0.15, 0.2) is 18.2 Å². The molecule has 1 aromatic rings. The summed E-state index contributed by atoms with van der Waals surface area (Å²) >= 11 is 0. The van der Waals surface area contributed by atoms with E-state index in [1.165, 1.54) is 49.3 Å². The summed E-state index contributed by atoms with van der Waals surface area (Å²) in [5.41, 5.74) is 4.26. The van der Waals surface area contributed by atoms with Crippen molar-refractivity contribution in [2.45, 2.75) is 19.3 Å². The molecule has 74 valence electrons. The van der Waals surface area contributed by atoms with Gasteiger partial charge in [-0.2, -0.15) is 0 Å². The Morgan fingerprint density at radius 3 is 2.86 bits per heavy atom. The van der Waals surface area contributed by atoms with E-state index < -0.39 is 0 Å². The summed E-state index contributed by atoms with van der Waals surface area (Å²) in [7, 11) is 0. The fourth-order valence-electron chi connectivity index (χ4n) is 2.46. The predicted octanol–water partition coefficient (Wildman–Crippen LogP) is 2.25. The Bertz CT molecular complexity index is 340. The van der Waals surface area contributed by atoms with E-state index in [0.29, 0.717) is 0 Å². The van der Waals surface area contributed by atoms with Crippen LogP contribution in [0.1, 0.15) is 18.4 Å². The Morgan fingerprint density at radius 1 is 1.14 bits per heavy atom. The van der Waals surface area contributed by atoms with Crippen molar-refractivity contribution in [2.75, 3.05) is 29.9 Å². The molecule has 0 saturated carbocycles. The van der Waals surface area contributed by atoms with Gasteiger partial charge in [-0.05, 0) is 43.0 Å². The van der Waals surface area contributed by atoms with Crippen LogP contribution >= 0.6 is 0 Å². The normalized spacial score (nSPS) is 19.6. The first-order valence-corrected chi connectivity index (χ1v) is 5.55. The molecule has 1 aromatic carbocycles. The van der Waals surface area contributed by atoms with E-state index in [2.05, 4.69) is 28.4 Å². The van der Waals surface area contributed by atoms with E-state index in [-0.39, 0.29) is 0 Å². The monoisotopic (exact) mass is 188 g/mol. The maximum Gasteiger partial charge on any atom is 0.0375 e. The molecule has 0 aromatic heterocycles. The van der Waals surface area contributed by atoms with Crippen molar-refractivity contribution < 1.29 is 0 Å². The quantitative estimate of drug-likeness (QED) is 0.727. The second-order valence-electron chi connectivity index (χ2n) is 4.21. The number of anilines is 2. The van der Waals surface area contributed by atoms with Crippen LogP contribution in [0.25, 0.3) is 0 Å². The number of nitrogens with zero attached hydrogens (tertiary/aromatic N) is 1. The minimum atomic E-state index is 1.11. The number of hydrogen-bond donors (Lipinski definition) is 1. The summed E-state index contributed by atoms with van der Waals surface area (Å²) in [6.07, 6.45) is 3.90. The molecule has 2 heterocycles. The molecule has 1 N–H and O–H groups in total. The molecule has 2 heteroatoms. The number of hydrogen-bond acceptors (Lipinski definition) is 2. The van der Waals surface area contributed by atoms with Crippen molar-refractivity contribution in [3.8, 4) is 0 Å². The SMILES string of the molecule is c1cc2c(cc1N1CCCC1)CCN2. The molecule has 1 saturated heterocycles. The van der Waals surface area contributed by atoms with Gasteiger partial charge in [-0.3, -0.25) is 0 Å². The van der Waals surface area contributed by atoms with Gasteiger partial charge in [0, 0.05) is 31.0 Å². The second-order valence-corrected chi connectivity index (χ2v) is 4.21. The first kappa shape index (κ1) is 8.16. The third kappa shape index (κ3) is 1.26. The summed E-state index contributed by atoms with van der Waals surface area (Å²) < 4.78 is 0. The Morgan fingerprint density at radius 2 is 2.00 bits per heavy atom. The number of fused-ring (bicyclic) bond motifs is 1. The number of nitrogens with one attached hydrogen (secondary N) is 1. The van der Waals surface area contributed by atoms with Crippen molar-refractivity contribution in [1.29, 1.82) is 0 Å². The van der Waals surface area contributed by atoms with Gasteiger partial charge in [0.1, 0.15) is 0 Å². The van der Waals surface area contributed by atoms with Crippen LogP contribution in [0.4, 0.5) is 11.4 Å². The highest BCUT2D eigenvalue weighted by Gasteiger charge is 2.15. The van der Waals surface area contributed by atoms with Crippen LogP contribution in [-0.4, -0.2) is 19.6 Å². The molecule has 0 bridgehead atoms. The van der Waals surface area contributed by atoms with Crippen molar-refractivity contribution in [1.82, 2.24) is 0 Å². The topological polar surface area (TPSA) is 15.3 Å². The summed E-state index contributed by atoms with van der Waals surface area (Å²) in [4.78, 5) is 2.50. The van der Waals surface area contributed by atoms with Gasteiger partial charge in [0.15, 0.2) is 0 Å². The first-order chi connectivity index (χ1) is 6.93. The first-order valence-electron chi connectivity index (χ1n) is 5.55. The highest BCUT2D eigenvalue weighted by atomic mass is 15.1. The van der Waals surface area contributed by atoms with Crippen LogP contribution in [0.2, 0.25) is 0 Å². The van der Waals surface area contributed by atoms with E-state index >= 15 is 0 Å². The van der Waals surface area contributed by atoms with Crippen molar-refractivity contribution in [2.24, 2.45) is 0 Å². The molecule has 0 radical (unpaired) electrons. The third-order valence-electron chi connectivity index (χ3n) is 3.27. The van der Waals surface area contributed by atoms with Gasteiger partial charge in [-0.25, -0.2) is 0 Å². The van der Waals surface area contributed by atoms with Gasteiger partial charge in [0.25, 0.3) is 0 Å². The van der Waals surface area contributed by atoms with Crippen LogP contribution in [0.5, 0.6) is 0 Å². The summed E-state index contributed by atoms with van der Waals surface area (Å²) in [5, 5.41) is 3.40. The smallest absolute Gasteiger partial charge is 0.0375 e. The third-order valence-corrected chi connectivity index (χ3v) is 3.27. The predicted molar refractivity (Wildman–Crippen MR) is 60.1 cm³/mol. The zero-order valence-corrected chi connectivity index (χ0v) is 8.42. The fraction of sp³-hybridized carbons (Fsp3) is 0.500. The van der Waals surface area contributed by atoms with Crippen molar-refractivity contribution in [3.05, 3.63) is 23.8 Å². The molecule has 0 atom stereocenters. The molecule has 3 rings (SSSR count). The molecule has 0 aliphatic carbocycles. The summed E-state index contributed by atoms with van der Waals surface area (Å²) in [6.45, 7) is 3.59. The average molecular weight is 188 g/mol. The minimum Gasteiger partial charge on any atom is -0.384 e. The van der Waals surface area contributed by atoms with Crippen LogP contribution in [-0.2, 0) is 6.42 Å². The molecular weight excluding hydrogens is 172 g/mol. The Hall–Kier alpha value is -1.18. The Balaban J connectivity index is 1.91. The zero-order chi connectivity index (χ0) is 9.38. The molecule has 0 amide bonds. The van der Waals surface area contributed by atoms with E-state index in [4.69, 9.17) is 0 Å². The molecule has 14 heavy (non-hydrogen) atoms. The van der Waals surface area contributed by atoms with Crippen molar-refractivity contribution >= 4 is 11.4 Å². The Labute approximate surface area is 84.9 Å². The van der Waals surface area contributed by atoms with Gasteiger partial charge >= 0.3 is 0 Å². The number of rotatable bonds is 1. The van der Waals surface area contributed by atoms with E-state index in [1.54, 1.807) is 0 Å². The molecule has 2 aliphatic heterocycles. The van der Waals surface area contributed by atoms with E-state index in [0.717, 1.165) is 6.54 Å². The van der Waals surface area contributed by atoms with Gasteiger partial charge in [0.05, 0.1) is 0 Å². The molecule has 0 unspecified atom stereocenters. The van der Waals surface area contributed by atoms with E-state index in [1.807, 2.05) is 0 Å². The lowest BCUT2D eigenvalue weighted by molar-refractivity contribution is 0.949. The van der Waals surface area contributed by atoms with Crippen LogP contribution in [0.3, 0.4) is 0 Å². The maximum atomic E-state index is 3.40. The largest absolute Gasteiger partial charge is 0.384 e. The van der Waals surface area contributed by atoms with Gasteiger partial charge in [0.2, 0.25) is 0 Å². The summed E-state index contributed by atoms with van der Waals surface area (Å²) in [6, 6.07) is 6.85. The van der Waals surface area contributed by atoms with Crippen molar-refractivity contribution in [3.63, 3.8) is 0 Å². The standard InChI is InChI=1S/C12H16N2/c1-2-8-14(7-1)11-3-4-12-10(9-11)5-6-13-12/h3-4,9,13H,1-2,5-8H2. The molecular formula is C12H16N2. The van der Waals surface area contributed by atoms with E-state index in [9.17, 15) is 0 Å². The lowest BCUT2D eigenvalue weighted by Crippen LogP contribution is -2.17. The minimum absolute atomic E-state index is 1.11. The van der Waals surface area contributed by atoms with Gasteiger partial charge in [-0.15, -0.1) is 0 Å². The average Bonchev–Trinajstić information content (AvgIpc) is 2.88.